The van der Waals surface area contributed by atoms with E-state index in [9.17, 15) is 4.79 Å². The summed E-state index contributed by atoms with van der Waals surface area (Å²) in [5.41, 5.74) is 0. The maximum absolute atomic E-state index is 11.9. The Bertz CT molecular complexity index is 176. The van der Waals surface area contributed by atoms with E-state index < -0.39 is 0 Å². The zero-order valence-corrected chi connectivity index (χ0v) is 10.4. The van der Waals surface area contributed by atoms with Crippen LogP contribution in [0.15, 0.2) is 0 Å². The Morgan fingerprint density at radius 1 is 1.14 bits per heavy atom. The van der Waals surface area contributed by atoms with Crippen LogP contribution >= 0.6 is 0 Å². The average molecular weight is 200 g/mol. The van der Waals surface area contributed by atoms with E-state index in [4.69, 9.17) is 0 Å². The maximum Gasteiger partial charge on any atom is 0.319 e. The molecule has 0 aliphatic rings. The molecule has 1 atom stereocenters. The Kier molecular flexibility index (Phi) is 5.58. The third-order valence-electron chi connectivity index (χ3n) is 2.91. The van der Waals surface area contributed by atoms with Gasteiger partial charge < -0.3 is 9.80 Å². The summed E-state index contributed by atoms with van der Waals surface area (Å²) < 4.78 is 0. The molecular weight excluding hydrogens is 176 g/mol. The van der Waals surface area contributed by atoms with Crippen LogP contribution < -0.4 is 0 Å². The lowest BCUT2D eigenvalue weighted by Crippen LogP contribution is -2.46. The van der Waals surface area contributed by atoms with Gasteiger partial charge in [-0.25, -0.2) is 4.79 Å². The molecule has 0 radical (unpaired) electrons. The molecule has 1 unspecified atom stereocenters. The minimum atomic E-state index is 0.135. The van der Waals surface area contributed by atoms with Crippen LogP contribution in [0.4, 0.5) is 4.79 Å². The minimum Gasteiger partial charge on any atom is -0.325 e. The van der Waals surface area contributed by atoms with Crippen LogP contribution in [0.3, 0.4) is 0 Å². The Labute approximate surface area is 88.1 Å². The topological polar surface area (TPSA) is 23.6 Å². The molecule has 0 aromatic rings. The lowest BCUT2D eigenvalue weighted by Gasteiger charge is -2.32. The number of hydrogen-bond acceptors (Lipinski definition) is 1. The Morgan fingerprint density at radius 3 is 1.86 bits per heavy atom. The predicted octanol–water partition coefficient (Wildman–Crippen LogP) is 2.42. The van der Waals surface area contributed by atoms with Gasteiger partial charge in [0.05, 0.1) is 0 Å². The molecule has 0 spiro atoms. The Balaban J connectivity index is 4.36. The van der Waals surface area contributed by atoms with E-state index in [1.807, 2.05) is 30.7 Å². The average Bonchev–Trinajstić information content (AvgIpc) is 2.17. The fraction of sp³-hybridized carbons (Fsp3) is 0.909. The summed E-state index contributed by atoms with van der Waals surface area (Å²) in [4.78, 5) is 15.6. The highest BCUT2D eigenvalue weighted by molar-refractivity contribution is 5.74. The second-order valence-corrected chi connectivity index (χ2v) is 4.05. The maximum atomic E-state index is 11.9. The van der Waals surface area contributed by atoms with Crippen LogP contribution in [0.1, 0.15) is 34.6 Å². The van der Waals surface area contributed by atoms with Crippen molar-refractivity contribution in [1.29, 1.82) is 0 Å². The summed E-state index contributed by atoms with van der Waals surface area (Å²) in [6.07, 6.45) is 0. The van der Waals surface area contributed by atoms with Crippen molar-refractivity contribution in [3.8, 4) is 0 Å². The van der Waals surface area contributed by atoms with Gasteiger partial charge in [-0.1, -0.05) is 13.8 Å². The molecule has 0 N–H and O–H groups in total. The van der Waals surface area contributed by atoms with Crippen molar-refractivity contribution < 1.29 is 4.79 Å². The second-order valence-electron chi connectivity index (χ2n) is 4.05. The lowest BCUT2D eigenvalue weighted by molar-refractivity contribution is 0.142. The van der Waals surface area contributed by atoms with E-state index >= 15 is 0 Å². The second kappa shape index (κ2) is 5.89. The van der Waals surface area contributed by atoms with Gasteiger partial charge in [-0.05, 0) is 26.7 Å². The van der Waals surface area contributed by atoms with Crippen molar-refractivity contribution in [1.82, 2.24) is 9.80 Å². The smallest absolute Gasteiger partial charge is 0.319 e. The van der Waals surface area contributed by atoms with Crippen LogP contribution in [0.25, 0.3) is 0 Å². The van der Waals surface area contributed by atoms with Crippen molar-refractivity contribution in [2.75, 3.05) is 20.1 Å². The van der Waals surface area contributed by atoms with Gasteiger partial charge in [0.15, 0.2) is 0 Å². The number of carbonyl (C=O) groups is 1. The standard InChI is InChI=1S/C11H24N2O/c1-7-13(8-2)11(14)12(6)10(5)9(3)4/h9-10H,7-8H2,1-6H3. The van der Waals surface area contributed by atoms with Gasteiger partial charge in [0.2, 0.25) is 0 Å². The molecule has 0 rings (SSSR count). The van der Waals surface area contributed by atoms with Gasteiger partial charge in [0, 0.05) is 26.2 Å². The Morgan fingerprint density at radius 2 is 1.57 bits per heavy atom. The third kappa shape index (κ3) is 3.20. The number of urea groups is 1. The number of nitrogens with zero attached hydrogens (tertiary/aromatic N) is 2. The van der Waals surface area contributed by atoms with Gasteiger partial charge in [0.25, 0.3) is 0 Å². The summed E-state index contributed by atoms with van der Waals surface area (Å²) in [6.45, 7) is 11.9. The summed E-state index contributed by atoms with van der Waals surface area (Å²) in [5.74, 6) is 0.500. The van der Waals surface area contributed by atoms with Crippen molar-refractivity contribution in [3.05, 3.63) is 0 Å². The van der Waals surface area contributed by atoms with E-state index in [2.05, 4.69) is 20.8 Å². The monoisotopic (exact) mass is 200 g/mol. The molecule has 2 amide bonds. The molecule has 0 aromatic heterocycles. The largest absolute Gasteiger partial charge is 0.325 e. The van der Waals surface area contributed by atoms with Gasteiger partial charge in [-0.15, -0.1) is 0 Å². The molecule has 0 heterocycles. The fourth-order valence-corrected chi connectivity index (χ4v) is 1.34. The first-order valence-electron chi connectivity index (χ1n) is 5.47. The van der Waals surface area contributed by atoms with E-state index in [1.54, 1.807) is 0 Å². The molecule has 0 bridgehead atoms. The summed E-state index contributed by atoms with van der Waals surface area (Å²) in [5, 5.41) is 0. The van der Waals surface area contributed by atoms with E-state index in [0.29, 0.717) is 12.0 Å². The van der Waals surface area contributed by atoms with E-state index in [-0.39, 0.29) is 6.03 Å². The first kappa shape index (κ1) is 13.3. The van der Waals surface area contributed by atoms with Gasteiger partial charge in [-0.3, -0.25) is 0 Å². The number of carbonyl (C=O) groups excluding carboxylic acids is 1. The predicted molar refractivity (Wildman–Crippen MR) is 60.4 cm³/mol. The summed E-state index contributed by atoms with van der Waals surface area (Å²) in [6, 6.07) is 0.430. The van der Waals surface area contributed by atoms with Gasteiger partial charge in [-0.2, -0.15) is 0 Å². The van der Waals surface area contributed by atoms with Gasteiger partial charge in [0.1, 0.15) is 0 Å². The summed E-state index contributed by atoms with van der Waals surface area (Å²) >= 11 is 0. The molecule has 84 valence electrons. The first-order chi connectivity index (χ1) is 6.45. The Hall–Kier alpha value is -0.730. The molecule has 0 aromatic carbocycles. The van der Waals surface area contributed by atoms with Crippen LogP contribution in [-0.4, -0.2) is 42.0 Å². The van der Waals surface area contributed by atoms with Crippen LogP contribution in [0.5, 0.6) is 0 Å². The molecule has 0 saturated heterocycles. The van der Waals surface area contributed by atoms with Gasteiger partial charge >= 0.3 is 6.03 Å². The number of rotatable bonds is 4. The molecule has 0 fully saturated rings. The highest BCUT2D eigenvalue weighted by Crippen LogP contribution is 2.10. The lowest BCUT2D eigenvalue weighted by atomic mass is 10.1. The zero-order valence-electron chi connectivity index (χ0n) is 10.4. The van der Waals surface area contributed by atoms with Crippen LogP contribution in [-0.2, 0) is 0 Å². The molecular formula is C11H24N2O. The fourth-order valence-electron chi connectivity index (χ4n) is 1.34. The first-order valence-corrected chi connectivity index (χ1v) is 5.47. The molecule has 3 heteroatoms. The van der Waals surface area contributed by atoms with E-state index in [1.165, 1.54) is 0 Å². The minimum absolute atomic E-state index is 0.135. The van der Waals surface area contributed by atoms with Crippen molar-refractivity contribution in [2.45, 2.75) is 40.7 Å². The van der Waals surface area contributed by atoms with Crippen molar-refractivity contribution >= 4 is 6.03 Å². The molecule has 0 aliphatic carbocycles. The zero-order chi connectivity index (χ0) is 11.3. The van der Waals surface area contributed by atoms with Crippen LogP contribution in [0, 0.1) is 5.92 Å². The van der Waals surface area contributed by atoms with Crippen LogP contribution in [0.2, 0.25) is 0 Å². The SMILES string of the molecule is CCN(CC)C(=O)N(C)C(C)C(C)C. The quantitative estimate of drug-likeness (QED) is 0.683. The van der Waals surface area contributed by atoms with E-state index in [0.717, 1.165) is 13.1 Å². The normalized spacial score (nSPS) is 12.8. The molecule has 0 aliphatic heterocycles. The van der Waals surface area contributed by atoms with Crippen molar-refractivity contribution in [2.24, 2.45) is 5.92 Å². The summed E-state index contributed by atoms with van der Waals surface area (Å²) in [7, 11) is 1.88. The number of amides is 2. The molecule has 0 saturated carbocycles. The highest BCUT2D eigenvalue weighted by atomic mass is 16.2. The highest BCUT2D eigenvalue weighted by Gasteiger charge is 2.21. The molecule has 3 nitrogen and oxygen atoms in total. The third-order valence-corrected chi connectivity index (χ3v) is 2.91. The number of hydrogen-bond donors (Lipinski definition) is 0. The van der Waals surface area contributed by atoms with Crippen molar-refractivity contribution in [3.63, 3.8) is 0 Å². The molecule has 14 heavy (non-hydrogen) atoms.